The third-order valence-corrected chi connectivity index (χ3v) is 2.04. The maximum atomic E-state index is 10.6. The van der Waals surface area contributed by atoms with Crippen molar-refractivity contribution in [3.63, 3.8) is 0 Å². The van der Waals surface area contributed by atoms with Crippen LogP contribution in [0, 0.1) is 0 Å². The molecule has 0 saturated carbocycles. The molecule has 0 aromatic heterocycles. The molecule has 0 heterocycles. The molecule has 1 aromatic rings. The van der Waals surface area contributed by atoms with Crippen molar-refractivity contribution >= 4 is 17.6 Å². The summed E-state index contributed by atoms with van der Waals surface area (Å²) in [6.07, 6.45) is 0. The number of carboxylic acid groups (broad SMARTS) is 1. The van der Waals surface area contributed by atoms with E-state index in [0.29, 0.717) is 5.02 Å². The number of aliphatic hydroxyl groups is 1. The van der Waals surface area contributed by atoms with Crippen molar-refractivity contribution in [1.29, 1.82) is 0 Å². The second kappa shape index (κ2) is 3.36. The lowest BCUT2D eigenvalue weighted by atomic mass is 9.96. The number of carbonyl (C=O) groups is 1. The van der Waals surface area contributed by atoms with Crippen LogP contribution in [-0.2, 0) is 10.4 Å². The van der Waals surface area contributed by atoms with Gasteiger partial charge in [0.1, 0.15) is 0 Å². The van der Waals surface area contributed by atoms with Crippen LogP contribution in [0.4, 0.5) is 0 Å². The van der Waals surface area contributed by atoms with Gasteiger partial charge in [0.15, 0.2) is 5.60 Å². The number of halogens is 1. The number of hydrogen-bond donors (Lipinski definition) is 2. The first-order valence-corrected chi connectivity index (χ1v) is 4.04. The fraction of sp³-hybridized carbons (Fsp3) is 0.222. The van der Waals surface area contributed by atoms with E-state index in [4.69, 9.17) is 16.7 Å². The minimum Gasteiger partial charge on any atom is -0.479 e. The van der Waals surface area contributed by atoms with Gasteiger partial charge in [0.2, 0.25) is 0 Å². The summed E-state index contributed by atoms with van der Waals surface area (Å²) < 4.78 is 0. The molecular weight excluding hydrogens is 192 g/mol. The molecule has 70 valence electrons. The van der Waals surface area contributed by atoms with Crippen molar-refractivity contribution in [2.24, 2.45) is 0 Å². The largest absolute Gasteiger partial charge is 0.479 e. The van der Waals surface area contributed by atoms with Gasteiger partial charge in [0, 0.05) is 5.02 Å². The zero-order valence-electron chi connectivity index (χ0n) is 6.99. The number of aliphatic carboxylic acids is 1. The van der Waals surface area contributed by atoms with E-state index in [-0.39, 0.29) is 5.56 Å². The highest BCUT2D eigenvalue weighted by Crippen LogP contribution is 2.23. The Kier molecular flexibility index (Phi) is 2.59. The van der Waals surface area contributed by atoms with Crippen molar-refractivity contribution in [3.05, 3.63) is 34.9 Å². The van der Waals surface area contributed by atoms with Gasteiger partial charge >= 0.3 is 5.97 Å². The van der Waals surface area contributed by atoms with Gasteiger partial charge < -0.3 is 10.2 Å². The maximum Gasteiger partial charge on any atom is 0.340 e. The molecular formula is C9H9ClO3. The predicted octanol–water partition coefficient (Wildman–Crippen LogP) is 1.63. The molecule has 0 aliphatic rings. The summed E-state index contributed by atoms with van der Waals surface area (Å²) >= 11 is 5.65. The molecule has 0 amide bonds. The molecule has 1 atom stereocenters. The molecule has 3 nitrogen and oxygen atoms in total. The summed E-state index contributed by atoms with van der Waals surface area (Å²) in [6, 6.07) is 6.15. The van der Waals surface area contributed by atoms with Gasteiger partial charge in [-0.05, 0) is 24.6 Å². The molecule has 0 radical (unpaired) electrons. The smallest absolute Gasteiger partial charge is 0.340 e. The van der Waals surface area contributed by atoms with E-state index in [9.17, 15) is 9.90 Å². The quantitative estimate of drug-likeness (QED) is 0.763. The van der Waals surface area contributed by atoms with Gasteiger partial charge in [-0.15, -0.1) is 0 Å². The molecule has 1 rings (SSSR count). The zero-order chi connectivity index (χ0) is 10.1. The summed E-state index contributed by atoms with van der Waals surface area (Å²) in [5.74, 6) is -1.30. The van der Waals surface area contributed by atoms with E-state index >= 15 is 0 Å². The molecule has 0 bridgehead atoms. The van der Waals surface area contributed by atoms with Crippen LogP contribution < -0.4 is 0 Å². The Labute approximate surface area is 80.6 Å². The Hall–Kier alpha value is -1.06. The van der Waals surface area contributed by atoms with Crippen LogP contribution in [-0.4, -0.2) is 16.2 Å². The third-order valence-electron chi connectivity index (χ3n) is 1.80. The summed E-state index contributed by atoms with van der Waals surface area (Å²) in [6.45, 7) is 1.21. The normalized spacial score (nSPS) is 15.0. The highest BCUT2D eigenvalue weighted by Gasteiger charge is 2.31. The van der Waals surface area contributed by atoms with Crippen LogP contribution in [0.15, 0.2) is 24.3 Å². The fourth-order valence-corrected chi connectivity index (χ4v) is 1.11. The molecule has 4 heteroatoms. The van der Waals surface area contributed by atoms with Crippen molar-refractivity contribution in [1.82, 2.24) is 0 Å². The van der Waals surface area contributed by atoms with Crippen LogP contribution in [0.1, 0.15) is 12.5 Å². The molecule has 0 spiro atoms. The second-order valence-electron chi connectivity index (χ2n) is 2.89. The molecule has 1 aromatic carbocycles. The lowest BCUT2D eigenvalue weighted by Crippen LogP contribution is -2.31. The SMILES string of the molecule is CC(O)(C(=O)O)c1cccc(Cl)c1. The van der Waals surface area contributed by atoms with E-state index in [1.54, 1.807) is 12.1 Å². The first kappa shape index (κ1) is 10.0. The second-order valence-corrected chi connectivity index (χ2v) is 3.32. The molecule has 0 fully saturated rings. The van der Waals surface area contributed by atoms with E-state index in [2.05, 4.69) is 0 Å². The van der Waals surface area contributed by atoms with Gasteiger partial charge in [-0.2, -0.15) is 0 Å². The van der Waals surface area contributed by atoms with Gasteiger partial charge in [0.25, 0.3) is 0 Å². The maximum absolute atomic E-state index is 10.6. The molecule has 0 aliphatic heterocycles. The van der Waals surface area contributed by atoms with Crippen LogP contribution in [0.3, 0.4) is 0 Å². The number of rotatable bonds is 2. The van der Waals surface area contributed by atoms with E-state index in [1.165, 1.54) is 19.1 Å². The van der Waals surface area contributed by atoms with Crippen LogP contribution in [0.5, 0.6) is 0 Å². The minimum atomic E-state index is -1.88. The summed E-state index contributed by atoms with van der Waals surface area (Å²) in [7, 11) is 0. The number of hydrogen-bond acceptors (Lipinski definition) is 2. The molecule has 13 heavy (non-hydrogen) atoms. The first-order valence-electron chi connectivity index (χ1n) is 3.66. The number of carboxylic acids is 1. The van der Waals surface area contributed by atoms with Crippen LogP contribution in [0.25, 0.3) is 0 Å². The Morgan fingerprint density at radius 3 is 2.62 bits per heavy atom. The van der Waals surface area contributed by atoms with E-state index in [0.717, 1.165) is 0 Å². The minimum absolute atomic E-state index is 0.271. The van der Waals surface area contributed by atoms with E-state index < -0.39 is 11.6 Å². The zero-order valence-corrected chi connectivity index (χ0v) is 7.75. The van der Waals surface area contributed by atoms with Gasteiger partial charge in [-0.3, -0.25) is 0 Å². The molecule has 0 saturated heterocycles. The van der Waals surface area contributed by atoms with Crippen LogP contribution >= 0.6 is 11.6 Å². The summed E-state index contributed by atoms with van der Waals surface area (Å²) in [5, 5.41) is 18.6. The fourth-order valence-electron chi connectivity index (χ4n) is 0.915. The Morgan fingerprint density at radius 2 is 2.15 bits per heavy atom. The summed E-state index contributed by atoms with van der Waals surface area (Å²) in [4.78, 5) is 10.6. The van der Waals surface area contributed by atoms with Crippen molar-refractivity contribution < 1.29 is 15.0 Å². The molecule has 0 aliphatic carbocycles. The van der Waals surface area contributed by atoms with E-state index in [1.807, 2.05) is 0 Å². The van der Waals surface area contributed by atoms with Gasteiger partial charge in [-0.1, -0.05) is 23.7 Å². The Bertz CT molecular complexity index is 333. The third kappa shape index (κ3) is 1.99. The average Bonchev–Trinajstić information content (AvgIpc) is 2.04. The Morgan fingerprint density at radius 1 is 1.54 bits per heavy atom. The standard InChI is InChI=1S/C9H9ClO3/c1-9(13,8(11)12)6-3-2-4-7(10)5-6/h2-5,13H,1H3,(H,11,12). The van der Waals surface area contributed by atoms with Crippen molar-refractivity contribution in [2.45, 2.75) is 12.5 Å². The van der Waals surface area contributed by atoms with Crippen LogP contribution in [0.2, 0.25) is 5.02 Å². The highest BCUT2D eigenvalue weighted by atomic mass is 35.5. The summed E-state index contributed by atoms with van der Waals surface area (Å²) in [5.41, 5.74) is -1.61. The predicted molar refractivity (Wildman–Crippen MR) is 48.7 cm³/mol. The monoisotopic (exact) mass is 200 g/mol. The van der Waals surface area contributed by atoms with Crippen molar-refractivity contribution in [3.8, 4) is 0 Å². The molecule has 1 unspecified atom stereocenters. The van der Waals surface area contributed by atoms with Gasteiger partial charge in [-0.25, -0.2) is 4.79 Å². The Balaban J connectivity index is 3.14. The highest BCUT2D eigenvalue weighted by molar-refractivity contribution is 6.30. The topological polar surface area (TPSA) is 57.5 Å². The molecule has 2 N–H and O–H groups in total. The number of benzene rings is 1. The average molecular weight is 201 g/mol. The lowest BCUT2D eigenvalue weighted by Gasteiger charge is -2.18. The first-order chi connectivity index (χ1) is 5.94. The van der Waals surface area contributed by atoms with Gasteiger partial charge in [0.05, 0.1) is 0 Å². The van der Waals surface area contributed by atoms with Crippen molar-refractivity contribution in [2.75, 3.05) is 0 Å². The lowest BCUT2D eigenvalue weighted by molar-refractivity contribution is -0.157.